The van der Waals surface area contributed by atoms with Gasteiger partial charge in [-0.15, -0.1) is 0 Å². The van der Waals surface area contributed by atoms with Crippen molar-refractivity contribution in [2.75, 3.05) is 4.90 Å². The maximum Gasteiger partial charge on any atom is 0.296 e. The third-order valence-electron chi connectivity index (χ3n) is 6.02. The number of hydrogen-bond donors (Lipinski definition) is 1. The van der Waals surface area contributed by atoms with Crippen LogP contribution in [0.3, 0.4) is 0 Å². The van der Waals surface area contributed by atoms with E-state index < -0.39 is 23.5 Å². The van der Waals surface area contributed by atoms with Gasteiger partial charge in [-0.2, -0.15) is 0 Å². The van der Waals surface area contributed by atoms with Crippen molar-refractivity contribution in [1.82, 2.24) is 9.97 Å². The number of nitrogens with zero attached hydrogens (tertiary/aromatic N) is 3. The second-order valence-corrected chi connectivity index (χ2v) is 10.6. The highest BCUT2D eigenvalue weighted by atomic mass is 79.9. The lowest BCUT2D eigenvalue weighted by atomic mass is 9.96. The molecule has 1 aliphatic rings. The lowest BCUT2D eigenvalue weighted by Crippen LogP contribution is -2.31. The maximum absolute atomic E-state index is 13.7. The Labute approximate surface area is 221 Å². The van der Waals surface area contributed by atoms with Crippen molar-refractivity contribution >= 4 is 76.9 Å². The summed E-state index contributed by atoms with van der Waals surface area (Å²) in [5, 5.41) is 12.6. The number of pyridine rings is 1. The Morgan fingerprint density at radius 3 is 2.83 bits per heavy atom. The summed E-state index contributed by atoms with van der Waals surface area (Å²) in [7, 11) is 0. The monoisotopic (exact) mass is 579 g/mol. The number of ketones is 1. The predicted molar refractivity (Wildman–Crippen MR) is 142 cm³/mol. The van der Waals surface area contributed by atoms with Crippen LogP contribution in [0, 0.1) is 6.92 Å². The second kappa shape index (κ2) is 8.55. The molecule has 0 radical (unpaired) electrons. The van der Waals surface area contributed by atoms with Crippen LogP contribution in [0.5, 0.6) is 0 Å². The lowest BCUT2D eigenvalue weighted by molar-refractivity contribution is -0.117. The zero-order valence-corrected chi connectivity index (χ0v) is 21.7. The Kier molecular flexibility index (Phi) is 5.44. The van der Waals surface area contributed by atoms with Crippen molar-refractivity contribution in [3.63, 3.8) is 0 Å². The molecule has 0 saturated carbocycles. The highest BCUT2D eigenvalue weighted by Gasteiger charge is 2.46. The van der Waals surface area contributed by atoms with E-state index in [1.807, 2.05) is 19.1 Å². The van der Waals surface area contributed by atoms with E-state index >= 15 is 0 Å². The fourth-order valence-electron chi connectivity index (χ4n) is 4.29. The van der Waals surface area contributed by atoms with Gasteiger partial charge in [-0.05, 0) is 60.5 Å². The van der Waals surface area contributed by atoms with Crippen molar-refractivity contribution in [2.45, 2.75) is 13.0 Å². The van der Waals surface area contributed by atoms with Crippen LogP contribution in [0.2, 0.25) is 5.02 Å². The van der Waals surface area contributed by atoms with Gasteiger partial charge in [0.15, 0.2) is 16.7 Å². The first-order chi connectivity index (χ1) is 17.3. The molecule has 0 spiro atoms. The van der Waals surface area contributed by atoms with Crippen LogP contribution in [0.4, 0.5) is 5.13 Å². The number of halogens is 2. The molecule has 1 N–H and O–H groups in total. The molecule has 1 aliphatic heterocycles. The number of amides is 1. The van der Waals surface area contributed by atoms with Crippen molar-refractivity contribution in [1.29, 1.82) is 0 Å². The van der Waals surface area contributed by atoms with Gasteiger partial charge in [-0.1, -0.05) is 44.9 Å². The summed E-state index contributed by atoms with van der Waals surface area (Å²) >= 11 is 11.0. The summed E-state index contributed by atoms with van der Waals surface area (Å²) in [6.07, 6.45) is 3.15. The molecule has 2 aromatic carbocycles. The molecular weight excluding hydrogens is 566 g/mol. The number of rotatable bonds is 4. The van der Waals surface area contributed by atoms with Crippen molar-refractivity contribution in [2.24, 2.45) is 0 Å². The highest BCUT2D eigenvalue weighted by molar-refractivity contribution is 9.10. The lowest BCUT2D eigenvalue weighted by Gasteiger charge is -2.23. The molecule has 3 aromatic heterocycles. The van der Waals surface area contributed by atoms with Gasteiger partial charge in [0.05, 0.1) is 21.8 Å². The summed E-state index contributed by atoms with van der Waals surface area (Å²) in [6, 6.07) is 13.1. The second-order valence-electron chi connectivity index (χ2n) is 8.31. The zero-order valence-electron chi connectivity index (χ0n) is 18.5. The van der Waals surface area contributed by atoms with Crippen molar-refractivity contribution in [3.8, 4) is 0 Å². The Hall–Kier alpha value is -3.53. The molecule has 7 nitrogen and oxygen atoms in total. The van der Waals surface area contributed by atoms with Gasteiger partial charge in [0.1, 0.15) is 5.58 Å². The summed E-state index contributed by atoms with van der Waals surface area (Å²) < 4.78 is 7.45. The van der Waals surface area contributed by atoms with E-state index in [1.165, 1.54) is 16.2 Å². The molecule has 178 valence electrons. The van der Waals surface area contributed by atoms with Crippen LogP contribution in [-0.2, 0) is 4.79 Å². The molecule has 0 saturated heterocycles. The van der Waals surface area contributed by atoms with E-state index in [9.17, 15) is 14.7 Å². The minimum Gasteiger partial charge on any atom is -0.503 e. The minimum atomic E-state index is -0.948. The first-order valence-electron chi connectivity index (χ1n) is 10.8. The number of carbonyl (C=O) groups is 2. The smallest absolute Gasteiger partial charge is 0.296 e. The Bertz CT molecular complexity index is 1710. The van der Waals surface area contributed by atoms with Crippen molar-refractivity contribution < 1.29 is 19.1 Å². The standard InChI is InChI=1S/C26H15BrClN3O4S/c1-12-7-20-17(10-16(12)28)30-26(36-20)31-22(13-3-2-6-29-11-13)21(24(33)25(31)34)23(32)19-9-14-8-15(27)4-5-18(14)35-19/h2-11,22,33H,1H3. The van der Waals surface area contributed by atoms with Gasteiger partial charge in [-0.25, -0.2) is 4.98 Å². The van der Waals surface area contributed by atoms with E-state index in [-0.39, 0.29) is 11.3 Å². The molecule has 10 heteroatoms. The summed E-state index contributed by atoms with van der Waals surface area (Å²) in [5.41, 5.74) is 2.46. The molecule has 4 heterocycles. The summed E-state index contributed by atoms with van der Waals surface area (Å²) in [5.74, 6) is -1.96. The normalized spacial score (nSPS) is 16.0. The number of hydrogen-bond acceptors (Lipinski definition) is 7. The van der Waals surface area contributed by atoms with Crippen LogP contribution in [0.15, 0.2) is 81.1 Å². The van der Waals surface area contributed by atoms with Gasteiger partial charge in [0.2, 0.25) is 5.78 Å². The number of furan rings is 1. The first kappa shape index (κ1) is 22.9. The number of aliphatic hydroxyl groups is 1. The number of fused-ring (bicyclic) bond motifs is 2. The van der Waals surface area contributed by atoms with Crippen molar-refractivity contribution in [3.05, 3.63) is 98.6 Å². The number of benzene rings is 2. The predicted octanol–water partition coefficient (Wildman–Crippen LogP) is 6.94. The molecule has 1 unspecified atom stereocenters. The molecular formula is C26H15BrClN3O4S. The molecule has 5 aromatic rings. The van der Waals surface area contributed by atoms with E-state index in [0.29, 0.717) is 32.2 Å². The third-order valence-corrected chi connectivity index (χ3v) is 7.94. The number of aliphatic hydroxyl groups excluding tert-OH is 1. The highest BCUT2D eigenvalue weighted by Crippen LogP contribution is 2.44. The van der Waals surface area contributed by atoms with Gasteiger partial charge >= 0.3 is 0 Å². The minimum absolute atomic E-state index is 0.0138. The molecule has 1 amide bonds. The Morgan fingerprint density at radius 2 is 2.06 bits per heavy atom. The fourth-order valence-corrected chi connectivity index (χ4v) is 5.90. The van der Waals surface area contributed by atoms with Crippen LogP contribution in [-0.4, -0.2) is 26.8 Å². The Morgan fingerprint density at radius 1 is 1.22 bits per heavy atom. The maximum atomic E-state index is 13.7. The quantitative estimate of drug-likeness (QED) is 0.231. The third kappa shape index (κ3) is 3.62. The number of thiazole rings is 1. The van der Waals surface area contributed by atoms with Crippen LogP contribution in [0.1, 0.15) is 27.7 Å². The van der Waals surface area contributed by atoms with Gasteiger partial charge in [-0.3, -0.25) is 19.5 Å². The Balaban J connectivity index is 1.50. The molecule has 6 rings (SSSR count). The van der Waals surface area contributed by atoms with E-state index in [4.69, 9.17) is 16.0 Å². The number of aryl methyl sites for hydroxylation is 1. The first-order valence-corrected chi connectivity index (χ1v) is 12.8. The summed E-state index contributed by atoms with van der Waals surface area (Å²) in [6.45, 7) is 1.89. The molecule has 1 atom stereocenters. The number of anilines is 1. The molecule has 0 aliphatic carbocycles. The van der Waals surface area contributed by atoms with E-state index in [1.54, 1.807) is 48.8 Å². The van der Waals surface area contributed by atoms with Gasteiger partial charge in [0, 0.05) is 27.3 Å². The largest absolute Gasteiger partial charge is 0.503 e. The molecule has 0 fully saturated rings. The SMILES string of the molecule is Cc1cc2sc(N3C(=O)C(O)=C(C(=O)c4cc5cc(Br)ccc5o4)C3c3cccnc3)nc2cc1Cl. The van der Waals surface area contributed by atoms with E-state index in [0.717, 1.165) is 14.7 Å². The average molecular weight is 581 g/mol. The molecule has 36 heavy (non-hydrogen) atoms. The summed E-state index contributed by atoms with van der Waals surface area (Å²) in [4.78, 5) is 37.2. The van der Waals surface area contributed by atoms with E-state index in [2.05, 4.69) is 25.9 Å². The molecule has 0 bridgehead atoms. The fraction of sp³-hybridized carbons (Fsp3) is 0.0769. The van der Waals surface area contributed by atoms with Gasteiger partial charge in [0.25, 0.3) is 5.91 Å². The van der Waals surface area contributed by atoms with Crippen LogP contribution >= 0.6 is 38.9 Å². The zero-order chi connectivity index (χ0) is 25.1. The average Bonchev–Trinajstić information content (AvgIpc) is 3.53. The number of Topliss-reactive ketones (excluding diaryl/α,β-unsaturated/α-hetero) is 1. The van der Waals surface area contributed by atoms with Crippen LogP contribution in [0.25, 0.3) is 21.2 Å². The van der Waals surface area contributed by atoms with Crippen LogP contribution < -0.4 is 4.90 Å². The number of carbonyl (C=O) groups excluding carboxylic acids is 2. The van der Waals surface area contributed by atoms with Gasteiger partial charge < -0.3 is 9.52 Å². The topological polar surface area (TPSA) is 96.5 Å². The number of aromatic nitrogens is 2.